The lowest BCUT2D eigenvalue weighted by Crippen LogP contribution is -2.18. The van der Waals surface area contributed by atoms with E-state index in [1.807, 2.05) is 29.7 Å². The van der Waals surface area contributed by atoms with E-state index < -0.39 is 0 Å². The summed E-state index contributed by atoms with van der Waals surface area (Å²) in [5.41, 5.74) is 5.59. The predicted octanol–water partition coefficient (Wildman–Crippen LogP) is 4.49. The summed E-state index contributed by atoms with van der Waals surface area (Å²) in [5.74, 6) is 0.124. The number of hydrogen-bond donors (Lipinski definition) is 1. The molecule has 0 aliphatic carbocycles. The summed E-state index contributed by atoms with van der Waals surface area (Å²) >= 11 is 4.92. The summed E-state index contributed by atoms with van der Waals surface area (Å²) in [6.45, 7) is 0. The van der Waals surface area contributed by atoms with E-state index in [1.165, 1.54) is 17.8 Å². The second kappa shape index (κ2) is 5.82. The monoisotopic (exact) mass is 388 g/mol. The van der Waals surface area contributed by atoms with Gasteiger partial charge in [0, 0.05) is 15.4 Å². The van der Waals surface area contributed by atoms with Gasteiger partial charge in [0.05, 0.1) is 11.3 Å². The Balaban J connectivity index is 1.74. The Bertz CT molecular complexity index is 922. The van der Waals surface area contributed by atoms with Gasteiger partial charge < -0.3 is 0 Å². The third-order valence-electron chi connectivity index (χ3n) is 3.40. The van der Waals surface area contributed by atoms with Crippen LogP contribution in [0.2, 0.25) is 0 Å². The molecule has 2 heterocycles. The molecule has 2 aromatic carbocycles. The first-order valence-corrected chi connectivity index (χ1v) is 8.50. The van der Waals surface area contributed by atoms with Crippen molar-refractivity contribution in [3.05, 3.63) is 69.8 Å². The first kappa shape index (κ1) is 14.5. The first-order chi connectivity index (χ1) is 11.2. The second-order valence-electron chi connectivity index (χ2n) is 4.89. The third kappa shape index (κ3) is 2.66. The lowest BCUT2D eigenvalue weighted by atomic mass is 10.2. The SMILES string of the molecule is Fc1ccccc1-c1nnc2n1NC(c1cccc(Br)c1)=CS2. The van der Waals surface area contributed by atoms with Gasteiger partial charge in [0.25, 0.3) is 0 Å². The largest absolute Gasteiger partial charge is 0.289 e. The quantitative estimate of drug-likeness (QED) is 0.701. The van der Waals surface area contributed by atoms with Gasteiger partial charge >= 0.3 is 0 Å². The number of fused-ring (bicyclic) bond motifs is 1. The van der Waals surface area contributed by atoms with Crippen LogP contribution in [0, 0.1) is 5.82 Å². The average molecular weight is 389 g/mol. The Morgan fingerprint density at radius 1 is 1.09 bits per heavy atom. The van der Waals surface area contributed by atoms with Crippen LogP contribution in [-0.4, -0.2) is 14.9 Å². The number of thioether (sulfide) groups is 1. The molecule has 0 radical (unpaired) electrons. The van der Waals surface area contributed by atoms with E-state index in [2.05, 4.69) is 31.6 Å². The minimum atomic E-state index is -0.326. The third-order valence-corrected chi connectivity index (χ3v) is 4.72. The molecule has 4 nitrogen and oxygen atoms in total. The number of benzene rings is 2. The summed E-state index contributed by atoms with van der Waals surface area (Å²) in [5, 5.41) is 10.9. The smallest absolute Gasteiger partial charge is 0.214 e. The fourth-order valence-electron chi connectivity index (χ4n) is 2.31. The number of nitrogens with zero attached hydrogens (tertiary/aromatic N) is 3. The first-order valence-electron chi connectivity index (χ1n) is 6.82. The molecule has 0 spiro atoms. The molecule has 0 amide bonds. The summed E-state index contributed by atoms with van der Waals surface area (Å²) in [6.07, 6.45) is 0. The van der Waals surface area contributed by atoms with E-state index in [0.29, 0.717) is 16.5 Å². The normalized spacial score (nSPS) is 13.2. The van der Waals surface area contributed by atoms with Crippen molar-refractivity contribution < 1.29 is 4.39 Å². The van der Waals surface area contributed by atoms with Crippen molar-refractivity contribution >= 4 is 33.4 Å². The van der Waals surface area contributed by atoms with E-state index >= 15 is 0 Å². The molecule has 4 rings (SSSR count). The summed E-state index contributed by atoms with van der Waals surface area (Å²) in [7, 11) is 0. The molecule has 0 fully saturated rings. The number of nitrogens with one attached hydrogen (secondary N) is 1. The highest BCUT2D eigenvalue weighted by Gasteiger charge is 2.21. The zero-order chi connectivity index (χ0) is 15.8. The summed E-state index contributed by atoms with van der Waals surface area (Å²) in [4.78, 5) is 0. The van der Waals surface area contributed by atoms with Crippen molar-refractivity contribution in [2.75, 3.05) is 5.43 Å². The van der Waals surface area contributed by atoms with Gasteiger partial charge in [-0.2, -0.15) is 0 Å². The van der Waals surface area contributed by atoms with Crippen LogP contribution in [0.1, 0.15) is 5.56 Å². The van der Waals surface area contributed by atoms with Crippen LogP contribution in [-0.2, 0) is 0 Å². The molecule has 23 heavy (non-hydrogen) atoms. The van der Waals surface area contributed by atoms with E-state index in [9.17, 15) is 4.39 Å². The Hall–Kier alpha value is -2.12. The van der Waals surface area contributed by atoms with Crippen LogP contribution in [0.3, 0.4) is 0 Å². The Labute approximate surface area is 144 Å². The maximum atomic E-state index is 14.1. The van der Waals surface area contributed by atoms with Crippen molar-refractivity contribution in [3.8, 4) is 11.4 Å². The van der Waals surface area contributed by atoms with Gasteiger partial charge in [0.1, 0.15) is 5.82 Å². The minimum Gasteiger partial charge on any atom is -0.289 e. The van der Waals surface area contributed by atoms with Crippen molar-refractivity contribution in [2.24, 2.45) is 0 Å². The van der Waals surface area contributed by atoms with Gasteiger partial charge in [-0.3, -0.25) is 5.43 Å². The molecule has 1 N–H and O–H groups in total. The van der Waals surface area contributed by atoms with E-state index in [1.54, 1.807) is 22.9 Å². The molecule has 0 bridgehead atoms. The van der Waals surface area contributed by atoms with Crippen molar-refractivity contribution in [3.63, 3.8) is 0 Å². The fourth-order valence-corrected chi connectivity index (χ4v) is 3.45. The van der Waals surface area contributed by atoms with Gasteiger partial charge in [0.2, 0.25) is 5.16 Å². The highest BCUT2D eigenvalue weighted by Crippen LogP contribution is 2.32. The van der Waals surface area contributed by atoms with Gasteiger partial charge in [-0.15, -0.1) is 10.2 Å². The lowest BCUT2D eigenvalue weighted by molar-refractivity contribution is 0.628. The Morgan fingerprint density at radius 2 is 1.96 bits per heavy atom. The minimum absolute atomic E-state index is 0.326. The molecule has 0 saturated carbocycles. The zero-order valence-electron chi connectivity index (χ0n) is 11.7. The topological polar surface area (TPSA) is 42.7 Å². The van der Waals surface area contributed by atoms with Gasteiger partial charge in [-0.1, -0.05) is 52.0 Å². The van der Waals surface area contributed by atoms with E-state index in [0.717, 1.165) is 15.7 Å². The molecular weight excluding hydrogens is 379 g/mol. The van der Waals surface area contributed by atoms with Crippen molar-refractivity contribution in [2.45, 2.75) is 5.16 Å². The lowest BCUT2D eigenvalue weighted by Gasteiger charge is -2.19. The van der Waals surface area contributed by atoms with E-state index in [-0.39, 0.29) is 5.82 Å². The molecule has 7 heteroatoms. The zero-order valence-corrected chi connectivity index (χ0v) is 14.1. The van der Waals surface area contributed by atoms with Crippen LogP contribution in [0.25, 0.3) is 17.1 Å². The molecule has 114 valence electrons. The van der Waals surface area contributed by atoms with Gasteiger partial charge in [0.15, 0.2) is 5.82 Å². The predicted molar refractivity (Wildman–Crippen MR) is 92.8 cm³/mol. The molecule has 0 unspecified atom stereocenters. The summed E-state index contributed by atoms with van der Waals surface area (Å²) in [6, 6.07) is 14.5. The number of hydrogen-bond acceptors (Lipinski definition) is 4. The maximum Gasteiger partial charge on any atom is 0.214 e. The van der Waals surface area contributed by atoms with Crippen LogP contribution in [0.15, 0.2) is 63.6 Å². The maximum absolute atomic E-state index is 14.1. The number of aromatic nitrogens is 3. The molecule has 0 saturated heterocycles. The van der Waals surface area contributed by atoms with E-state index in [4.69, 9.17) is 0 Å². The molecular formula is C16H10BrFN4S. The molecule has 3 aromatic rings. The highest BCUT2D eigenvalue weighted by molar-refractivity contribution is 9.10. The highest BCUT2D eigenvalue weighted by atomic mass is 79.9. The molecule has 1 aromatic heterocycles. The fraction of sp³-hybridized carbons (Fsp3) is 0. The second-order valence-corrected chi connectivity index (χ2v) is 6.65. The van der Waals surface area contributed by atoms with Crippen LogP contribution < -0.4 is 5.43 Å². The van der Waals surface area contributed by atoms with Crippen LogP contribution in [0.5, 0.6) is 0 Å². The standard InChI is InChI=1S/C16H10BrFN4S/c17-11-5-3-4-10(8-11)14-9-23-16-20-19-15(22(16)21-14)12-6-1-2-7-13(12)18/h1-9,21H. The number of rotatable bonds is 2. The Kier molecular flexibility index (Phi) is 3.66. The molecule has 1 aliphatic rings. The summed E-state index contributed by atoms with van der Waals surface area (Å²) < 4.78 is 16.8. The van der Waals surface area contributed by atoms with Crippen LogP contribution >= 0.6 is 27.7 Å². The van der Waals surface area contributed by atoms with Gasteiger partial charge in [-0.25, -0.2) is 9.07 Å². The van der Waals surface area contributed by atoms with Crippen molar-refractivity contribution in [1.29, 1.82) is 0 Å². The average Bonchev–Trinajstić information content (AvgIpc) is 2.98. The molecule has 1 aliphatic heterocycles. The Morgan fingerprint density at radius 3 is 2.78 bits per heavy atom. The van der Waals surface area contributed by atoms with Crippen molar-refractivity contribution in [1.82, 2.24) is 14.9 Å². The molecule has 0 atom stereocenters. The number of halogens is 2. The van der Waals surface area contributed by atoms with Gasteiger partial charge in [-0.05, 0) is 24.3 Å². The van der Waals surface area contributed by atoms with Crippen LogP contribution in [0.4, 0.5) is 4.39 Å².